The van der Waals surface area contributed by atoms with Gasteiger partial charge in [-0.2, -0.15) is 23.5 Å². The highest BCUT2D eigenvalue weighted by Gasteiger charge is 2.32. The summed E-state index contributed by atoms with van der Waals surface area (Å²) in [7, 11) is 0. The van der Waals surface area contributed by atoms with Crippen molar-refractivity contribution in [3.05, 3.63) is 40.0 Å². The van der Waals surface area contributed by atoms with Crippen LogP contribution in [0.1, 0.15) is 12.0 Å². The van der Waals surface area contributed by atoms with Crippen molar-refractivity contribution in [2.75, 3.05) is 5.32 Å². The first-order valence-corrected chi connectivity index (χ1v) is 6.77. The Bertz CT molecular complexity index is 772. The molecule has 0 saturated heterocycles. The lowest BCUT2D eigenvalue weighted by molar-refractivity contribution is -0.137. The Morgan fingerprint density at radius 3 is 2.48 bits per heavy atom. The Labute approximate surface area is 138 Å². The molecule has 2 aromatic rings. The first kappa shape index (κ1) is 17.1. The molecule has 23 heavy (non-hydrogen) atoms. The van der Waals surface area contributed by atoms with E-state index in [9.17, 15) is 18.0 Å². The number of carbonyl (C=O) groups is 1. The van der Waals surface area contributed by atoms with E-state index >= 15 is 0 Å². The van der Waals surface area contributed by atoms with Crippen LogP contribution >= 0.6 is 23.2 Å². The van der Waals surface area contributed by atoms with E-state index in [1.54, 1.807) is 6.07 Å². The molecule has 0 unspecified atom stereocenters. The molecule has 1 N–H and O–H groups in total. The van der Waals surface area contributed by atoms with Gasteiger partial charge in [0.1, 0.15) is 17.9 Å². The van der Waals surface area contributed by atoms with Gasteiger partial charge in [-0.25, -0.2) is 4.68 Å². The molecule has 0 atom stereocenters. The van der Waals surface area contributed by atoms with Gasteiger partial charge in [0, 0.05) is 6.07 Å². The van der Waals surface area contributed by atoms with E-state index in [4.69, 9.17) is 28.5 Å². The van der Waals surface area contributed by atoms with Crippen molar-refractivity contribution in [2.45, 2.75) is 12.6 Å². The first-order valence-electron chi connectivity index (χ1n) is 6.01. The van der Waals surface area contributed by atoms with Gasteiger partial charge in [-0.1, -0.05) is 23.2 Å². The summed E-state index contributed by atoms with van der Waals surface area (Å²) in [4.78, 5) is 11.5. The number of nitriles is 1. The molecule has 0 fully saturated rings. The quantitative estimate of drug-likeness (QED) is 0.895. The van der Waals surface area contributed by atoms with E-state index in [-0.39, 0.29) is 28.0 Å². The first-order chi connectivity index (χ1) is 10.7. The molecular weight excluding hydrogens is 356 g/mol. The summed E-state index contributed by atoms with van der Waals surface area (Å²) in [5.74, 6) is -0.484. The summed E-state index contributed by atoms with van der Waals surface area (Å²) in [6.07, 6.45) is -3.69. The highest BCUT2D eigenvalue weighted by Crippen LogP contribution is 2.38. The number of alkyl halides is 3. The molecule has 0 aliphatic carbocycles. The van der Waals surface area contributed by atoms with Gasteiger partial charge in [0.15, 0.2) is 0 Å². The molecule has 0 spiro atoms. The molecule has 120 valence electrons. The van der Waals surface area contributed by atoms with Crippen LogP contribution in [-0.4, -0.2) is 15.7 Å². The zero-order chi connectivity index (χ0) is 17.2. The number of carbonyl (C=O) groups excluding carboxylic acids is 1. The number of nitrogens with one attached hydrogen (secondary N) is 1. The van der Waals surface area contributed by atoms with Crippen LogP contribution in [0.3, 0.4) is 0 Å². The monoisotopic (exact) mass is 362 g/mol. The number of hydrogen-bond acceptors (Lipinski definition) is 3. The van der Waals surface area contributed by atoms with Crippen LogP contribution in [0, 0.1) is 11.3 Å². The molecule has 0 radical (unpaired) electrons. The van der Waals surface area contributed by atoms with E-state index in [2.05, 4.69) is 10.4 Å². The number of rotatable bonds is 3. The number of aromatic nitrogens is 2. The lowest BCUT2D eigenvalue weighted by atomic mass is 10.2. The molecule has 0 aliphatic rings. The second-order valence-corrected chi connectivity index (χ2v) is 5.11. The second kappa shape index (κ2) is 6.48. The van der Waals surface area contributed by atoms with Gasteiger partial charge in [-0.3, -0.25) is 4.79 Å². The van der Waals surface area contributed by atoms with Gasteiger partial charge < -0.3 is 5.32 Å². The van der Waals surface area contributed by atoms with Crippen molar-refractivity contribution < 1.29 is 18.0 Å². The average molecular weight is 363 g/mol. The van der Waals surface area contributed by atoms with Gasteiger partial charge in [0.25, 0.3) is 0 Å². The minimum absolute atomic E-state index is 0.0152. The van der Waals surface area contributed by atoms with Crippen LogP contribution in [0.5, 0.6) is 0 Å². The Morgan fingerprint density at radius 1 is 1.35 bits per heavy atom. The Morgan fingerprint density at radius 2 is 1.96 bits per heavy atom. The highest BCUT2D eigenvalue weighted by molar-refractivity contribution is 6.38. The Balaban J connectivity index is 2.47. The minimum atomic E-state index is -4.60. The molecule has 0 aliphatic heterocycles. The largest absolute Gasteiger partial charge is 0.416 e. The van der Waals surface area contributed by atoms with Crippen LogP contribution in [-0.2, 0) is 11.0 Å². The van der Waals surface area contributed by atoms with Crippen LogP contribution < -0.4 is 5.32 Å². The molecule has 1 heterocycles. The molecule has 2 rings (SSSR count). The van der Waals surface area contributed by atoms with Crippen molar-refractivity contribution in [3.8, 4) is 11.8 Å². The van der Waals surface area contributed by atoms with Gasteiger partial charge in [-0.15, -0.1) is 0 Å². The summed E-state index contributed by atoms with van der Waals surface area (Å²) in [6, 6.07) is 4.48. The summed E-state index contributed by atoms with van der Waals surface area (Å²) >= 11 is 11.8. The van der Waals surface area contributed by atoms with Crippen molar-refractivity contribution in [1.29, 1.82) is 5.26 Å². The highest BCUT2D eigenvalue weighted by atomic mass is 35.5. The second-order valence-electron chi connectivity index (χ2n) is 4.30. The maximum Gasteiger partial charge on any atom is 0.416 e. The standard InChI is InChI=1S/C13H7Cl2F3N4O/c14-8-5-7(13(16,17)18)6-9(15)12(8)22-10(2-4-20-22)21-11(23)1-3-19/h2,4-6H,1H2,(H,21,23). The van der Waals surface area contributed by atoms with Gasteiger partial charge in [0.05, 0.1) is 27.9 Å². The van der Waals surface area contributed by atoms with Crippen molar-refractivity contribution in [1.82, 2.24) is 9.78 Å². The Kier molecular flexibility index (Phi) is 4.82. The fourth-order valence-corrected chi connectivity index (χ4v) is 2.41. The lowest BCUT2D eigenvalue weighted by Crippen LogP contribution is -2.14. The molecule has 1 aromatic carbocycles. The third-order valence-corrected chi connectivity index (χ3v) is 3.28. The van der Waals surface area contributed by atoms with E-state index in [0.29, 0.717) is 12.1 Å². The topological polar surface area (TPSA) is 70.7 Å². The van der Waals surface area contributed by atoms with E-state index in [1.165, 1.54) is 12.3 Å². The summed E-state index contributed by atoms with van der Waals surface area (Å²) < 4.78 is 39.3. The maximum atomic E-state index is 12.7. The molecule has 10 heteroatoms. The summed E-state index contributed by atoms with van der Waals surface area (Å²) in [6.45, 7) is 0. The number of hydrogen-bond donors (Lipinski definition) is 1. The molecule has 1 aromatic heterocycles. The number of anilines is 1. The number of benzene rings is 1. The van der Waals surface area contributed by atoms with E-state index in [0.717, 1.165) is 4.68 Å². The van der Waals surface area contributed by atoms with Crippen molar-refractivity contribution >= 4 is 34.9 Å². The Hall–Kier alpha value is -2.24. The third kappa shape index (κ3) is 3.75. The lowest BCUT2D eigenvalue weighted by Gasteiger charge is -2.14. The summed E-state index contributed by atoms with van der Waals surface area (Å²) in [5.41, 5.74) is -1.02. The summed E-state index contributed by atoms with van der Waals surface area (Å²) in [5, 5.41) is 14.2. The van der Waals surface area contributed by atoms with Gasteiger partial charge in [0.2, 0.25) is 5.91 Å². The fourth-order valence-electron chi connectivity index (χ4n) is 1.77. The molecule has 0 saturated carbocycles. The predicted molar refractivity (Wildman–Crippen MR) is 77.4 cm³/mol. The van der Waals surface area contributed by atoms with E-state index < -0.39 is 17.6 Å². The van der Waals surface area contributed by atoms with Gasteiger partial charge >= 0.3 is 6.18 Å². The van der Waals surface area contributed by atoms with Crippen LogP contribution in [0.2, 0.25) is 10.0 Å². The SMILES string of the molecule is N#CCC(=O)Nc1ccnn1-c1c(Cl)cc(C(F)(F)F)cc1Cl. The smallest absolute Gasteiger partial charge is 0.310 e. The molecule has 5 nitrogen and oxygen atoms in total. The van der Waals surface area contributed by atoms with E-state index in [1.807, 2.05) is 0 Å². The molecule has 0 bridgehead atoms. The fraction of sp³-hybridized carbons (Fsp3) is 0.154. The number of nitrogens with zero attached hydrogens (tertiary/aromatic N) is 3. The van der Waals surface area contributed by atoms with Crippen molar-refractivity contribution in [3.63, 3.8) is 0 Å². The minimum Gasteiger partial charge on any atom is -0.310 e. The molecular formula is C13H7Cl2F3N4O. The van der Waals surface area contributed by atoms with Crippen molar-refractivity contribution in [2.24, 2.45) is 0 Å². The van der Waals surface area contributed by atoms with Gasteiger partial charge in [-0.05, 0) is 12.1 Å². The maximum absolute atomic E-state index is 12.7. The molecule has 1 amide bonds. The van der Waals surface area contributed by atoms with Crippen LogP contribution in [0.25, 0.3) is 5.69 Å². The normalized spacial score (nSPS) is 11.1. The number of amides is 1. The van der Waals surface area contributed by atoms with Crippen LogP contribution in [0.4, 0.5) is 19.0 Å². The predicted octanol–water partition coefficient (Wildman–Crippen LogP) is 4.05. The zero-order valence-corrected chi connectivity index (χ0v) is 12.7. The average Bonchev–Trinajstić information content (AvgIpc) is 2.85. The number of halogens is 5. The van der Waals surface area contributed by atoms with Crippen LogP contribution in [0.15, 0.2) is 24.4 Å². The third-order valence-electron chi connectivity index (χ3n) is 2.71. The zero-order valence-electron chi connectivity index (χ0n) is 11.2.